The first-order valence-corrected chi connectivity index (χ1v) is 7.27. The highest BCUT2D eigenvalue weighted by Crippen LogP contribution is 2.31. The third kappa shape index (κ3) is 3.41. The molecule has 0 spiro atoms. The average molecular weight is 376 g/mol. The predicted molar refractivity (Wildman–Crippen MR) is 78.8 cm³/mol. The molecule has 0 unspecified atom stereocenters. The second-order valence-electron chi connectivity index (χ2n) is 3.56. The molecule has 104 valence electrons. The van der Waals surface area contributed by atoms with Gasteiger partial charge in [-0.1, -0.05) is 11.6 Å². The number of halogens is 2. The number of aromatic carboxylic acids is 1. The molecule has 1 N–H and O–H groups in total. The summed E-state index contributed by atoms with van der Waals surface area (Å²) in [7, 11) is 1.51. The van der Waals surface area contributed by atoms with Crippen LogP contribution in [0.1, 0.15) is 10.4 Å². The van der Waals surface area contributed by atoms with E-state index in [2.05, 4.69) is 25.9 Å². The van der Waals surface area contributed by atoms with E-state index in [0.29, 0.717) is 20.4 Å². The number of carboxylic acid groups (broad SMARTS) is 1. The van der Waals surface area contributed by atoms with Crippen LogP contribution >= 0.6 is 39.3 Å². The van der Waals surface area contributed by atoms with Crippen LogP contribution in [0.5, 0.6) is 5.88 Å². The summed E-state index contributed by atoms with van der Waals surface area (Å²) >= 11 is 10.3. The Kier molecular flexibility index (Phi) is 4.85. The molecule has 2 aromatic rings. The molecule has 1 aromatic carbocycles. The number of benzene rings is 1. The van der Waals surface area contributed by atoms with E-state index in [1.54, 1.807) is 12.3 Å². The molecule has 20 heavy (non-hydrogen) atoms. The molecule has 5 nitrogen and oxygen atoms in total. The van der Waals surface area contributed by atoms with E-state index in [0.717, 1.165) is 0 Å². The van der Waals surface area contributed by atoms with Crippen molar-refractivity contribution in [1.82, 2.24) is 9.97 Å². The van der Waals surface area contributed by atoms with E-state index < -0.39 is 5.97 Å². The zero-order valence-corrected chi connectivity index (χ0v) is 13.3. The quantitative estimate of drug-likeness (QED) is 0.821. The van der Waals surface area contributed by atoms with Gasteiger partial charge < -0.3 is 9.84 Å². The van der Waals surface area contributed by atoms with Crippen molar-refractivity contribution in [3.8, 4) is 5.88 Å². The van der Waals surface area contributed by atoms with Crippen molar-refractivity contribution < 1.29 is 14.6 Å². The van der Waals surface area contributed by atoms with E-state index in [4.69, 9.17) is 21.4 Å². The standard InChI is InChI=1S/C12H8BrClN2O3S/c1-19-10-8(13)5-15-12(16-10)20-6-2-3-9(14)7(4-6)11(17)18/h2-5H,1H3,(H,17,18). The Bertz CT molecular complexity index is 669. The number of carboxylic acids is 1. The maximum atomic E-state index is 11.0. The summed E-state index contributed by atoms with van der Waals surface area (Å²) in [6.07, 6.45) is 1.57. The molecule has 0 fully saturated rings. The molecule has 1 heterocycles. The first-order valence-electron chi connectivity index (χ1n) is 5.28. The summed E-state index contributed by atoms with van der Waals surface area (Å²) in [6.45, 7) is 0. The van der Waals surface area contributed by atoms with Crippen LogP contribution in [0.2, 0.25) is 5.02 Å². The number of nitrogens with zero attached hydrogens (tertiary/aromatic N) is 2. The second kappa shape index (κ2) is 6.43. The van der Waals surface area contributed by atoms with Gasteiger partial charge in [-0.15, -0.1) is 0 Å². The average Bonchev–Trinajstić information content (AvgIpc) is 2.42. The van der Waals surface area contributed by atoms with Crippen molar-refractivity contribution in [2.45, 2.75) is 10.1 Å². The Morgan fingerprint density at radius 1 is 1.50 bits per heavy atom. The summed E-state index contributed by atoms with van der Waals surface area (Å²) in [5, 5.41) is 9.66. The van der Waals surface area contributed by atoms with Gasteiger partial charge in [0, 0.05) is 11.1 Å². The second-order valence-corrected chi connectivity index (χ2v) is 5.86. The lowest BCUT2D eigenvalue weighted by atomic mass is 10.2. The van der Waals surface area contributed by atoms with Gasteiger partial charge in [-0.25, -0.2) is 9.78 Å². The van der Waals surface area contributed by atoms with Crippen LogP contribution in [0, 0.1) is 0 Å². The number of ether oxygens (including phenoxy) is 1. The predicted octanol–water partition coefficient (Wildman–Crippen LogP) is 3.75. The van der Waals surface area contributed by atoms with Gasteiger partial charge in [-0.2, -0.15) is 4.98 Å². The van der Waals surface area contributed by atoms with Crippen LogP contribution in [-0.2, 0) is 0 Å². The largest absolute Gasteiger partial charge is 0.480 e. The summed E-state index contributed by atoms with van der Waals surface area (Å²) in [6, 6.07) is 4.72. The molecule has 8 heteroatoms. The normalized spacial score (nSPS) is 10.3. The minimum absolute atomic E-state index is 0.0424. The van der Waals surface area contributed by atoms with Gasteiger partial charge in [0.05, 0.1) is 22.2 Å². The highest BCUT2D eigenvalue weighted by molar-refractivity contribution is 9.10. The SMILES string of the molecule is COc1nc(Sc2ccc(Cl)c(C(=O)O)c2)ncc1Br. The summed E-state index contributed by atoms with van der Waals surface area (Å²) in [5.74, 6) is -0.665. The van der Waals surface area contributed by atoms with Crippen molar-refractivity contribution in [2.24, 2.45) is 0 Å². The van der Waals surface area contributed by atoms with Crippen molar-refractivity contribution in [3.63, 3.8) is 0 Å². The number of rotatable bonds is 4. The number of hydrogen-bond acceptors (Lipinski definition) is 5. The van der Waals surface area contributed by atoms with E-state index in [9.17, 15) is 4.79 Å². The third-order valence-electron chi connectivity index (χ3n) is 2.26. The van der Waals surface area contributed by atoms with Gasteiger partial charge in [-0.05, 0) is 45.9 Å². The van der Waals surface area contributed by atoms with Gasteiger partial charge in [0.1, 0.15) is 0 Å². The number of aromatic nitrogens is 2. The molecule has 0 saturated heterocycles. The lowest BCUT2D eigenvalue weighted by Crippen LogP contribution is -1.98. The number of hydrogen-bond donors (Lipinski definition) is 1. The minimum atomic E-state index is -1.08. The van der Waals surface area contributed by atoms with E-state index in [1.807, 2.05) is 0 Å². The van der Waals surface area contributed by atoms with Crippen molar-refractivity contribution in [3.05, 3.63) is 39.5 Å². The van der Waals surface area contributed by atoms with Gasteiger partial charge in [0.25, 0.3) is 0 Å². The van der Waals surface area contributed by atoms with Gasteiger partial charge >= 0.3 is 5.97 Å². The Balaban J connectivity index is 2.30. The van der Waals surface area contributed by atoms with Crippen LogP contribution < -0.4 is 4.74 Å². The smallest absolute Gasteiger partial charge is 0.337 e. The number of methoxy groups -OCH3 is 1. The van der Waals surface area contributed by atoms with Crippen molar-refractivity contribution in [1.29, 1.82) is 0 Å². The van der Waals surface area contributed by atoms with E-state index in [-0.39, 0.29) is 10.6 Å². The van der Waals surface area contributed by atoms with Gasteiger partial charge in [-0.3, -0.25) is 0 Å². The zero-order valence-electron chi connectivity index (χ0n) is 10.1. The Hall–Kier alpha value is -1.31. The third-order valence-corrected chi connectivity index (χ3v) is 4.00. The fourth-order valence-electron chi connectivity index (χ4n) is 1.37. The molecular formula is C12H8BrClN2O3S. The van der Waals surface area contributed by atoms with Crippen LogP contribution in [0.25, 0.3) is 0 Å². The first kappa shape index (κ1) is 15.1. The summed E-state index contributed by atoms with van der Waals surface area (Å²) in [5.41, 5.74) is 0.0424. The van der Waals surface area contributed by atoms with Crippen LogP contribution in [0.3, 0.4) is 0 Å². The van der Waals surface area contributed by atoms with Gasteiger partial charge in [0.2, 0.25) is 5.88 Å². The molecule has 0 aliphatic rings. The molecule has 1 aromatic heterocycles. The Labute approximate surface area is 132 Å². The van der Waals surface area contributed by atoms with E-state index >= 15 is 0 Å². The molecule has 0 aliphatic heterocycles. The molecular weight excluding hydrogens is 368 g/mol. The fourth-order valence-corrected chi connectivity index (χ4v) is 2.67. The molecule has 0 bridgehead atoms. The highest BCUT2D eigenvalue weighted by Gasteiger charge is 2.12. The van der Waals surface area contributed by atoms with Crippen LogP contribution in [0.4, 0.5) is 0 Å². The first-order chi connectivity index (χ1) is 9.51. The zero-order chi connectivity index (χ0) is 14.7. The molecule has 0 radical (unpaired) electrons. The maximum absolute atomic E-state index is 11.0. The van der Waals surface area contributed by atoms with Crippen LogP contribution in [-0.4, -0.2) is 28.2 Å². The summed E-state index contributed by atoms with van der Waals surface area (Å²) < 4.78 is 5.72. The molecule has 0 aliphatic carbocycles. The fraction of sp³-hybridized carbons (Fsp3) is 0.0833. The monoisotopic (exact) mass is 374 g/mol. The van der Waals surface area contributed by atoms with Crippen molar-refractivity contribution >= 4 is 45.3 Å². The lowest BCUT2D eigenvalue weighted by Gasteiger charge is -2.05. The Morgan fingerprint density at radius 2 is 2.25 bits per heavy atom. The summed E-state index contributed by atoms with van der Waals surface area (Å²) in [4.78, 5) is 20.0. The lowest BCUT2D eigenvalue weighted by molar-refractivity contribution is 0.0697. The Morgan fingerprint density at radius 3 is 2.90 bits per heavy atom. The highest BCUT2D eigenvalue weighted by atomic mass is 79.9. The number of carbonyl (C=O) groups is 1. The topological polar surface area (TPSA) is 72.3 Å². The van der Waals surface area contributed by atoms with Crippen LogP contribution in [0.15, 0.2) is 38.9 Å². The van der Waals surface area contributed by atoms with Gasteiger partial charge in [0.15, 0.2) is 5.16 Å². The van der Waals surface area contributed by atoms with E-state index in [1.165, 1.54) is 31.0 Å². The minimum Gasteiger partial charge on any atom is -0.480 e. The molecule has 0 amide bonds. The molecule has 0 atom stereocenters. The molecule has 0 saturated carbocycles. The maximum Gasteiger partial charge on any atom is 0.337 e. The van der Waals surface area contributed by atoms with Crippen molar-refractivity contribution in [2.75, 3.05) is 7.11 Å². The molecule has 2 rings (SSSR count).